The molecule has 2 aromatic heterocycles. The summed E-state index contributed by atoms with van der Waals surface area (Å²) in [5.41, 5.74) is 0.168. The minimum absolute atomic E-state index is 0.171. The summed E-state index contributed by atoms with van der Waals surface area (Å²) in [7, 11) is 0. The van der Waals surface area contributed by atoms with Crippen LogP contribution in [0.15, 0.2) is 11.1 Å². The Kier molecular flexibility index (Phi) is 2.94. The third-order valence-corrected chi connectivity index (χ3v) is 4.10. The number of aromatic nitrogens is 4. The molecule has 0 radical (unpaired) electrons. The topological polar surface area (TPSA) is 135 Å². The number of anilines is 1. The zero-order valence-corrected chi connectivity index (χ0v) is 11.5. The first-order chi connectivity index (χ1) is 10.6. The molecule has 10 heteroatoms. The second-order valence-corrected chi connectivity index (χ2v) is 5.37. The van der Waals surface area contributed by atoms with E-state index in [2.05, 4.69) is 15.3 Å². The fraction of sp³-hybridized carbons (Fsp3) is 0.583. The number of aliphatic hydroxyl groups is 3. The van der Waals surface area contributed by atoms with Crippen molar-refractivity contribution in [2.75, 3.05) is 18.5 Å². The Balaban J connectivity index is 1.89. The van der Waals surface area contributed by atoms with Gasteiger partial charge in [0.25, 0.3) is 0 Å². The van der Waals surface area contributed by atoms with E-state index in [-0.39, 0.29) is 5.52 Å². The minimum atomic E-state index is -1.23. The standard InChI is InChI=1S/C12H15N5O5/c18-3-5-7(19)8(20)11(22-5)17-4-14-6-9(21)15-12-13-1-2-16(12)10(6)17/h4-5,7-8,11,18-20H,1-3H2,(H,13,15,21)/t5-,7-,8-,11-/m1/s1. The summed E-state index contributed by atoms with van der Waals surface area (Å²) in [4.78, 5) is 20.0. The van der Waals surface area contributed by atoms with Crippen LogP contribution >= 0.6 is 0 Å². The SMILES string of the molecule is O=c1nc2n(c3c1ncn3[C@@H]1O[C@H](CO)[C@@H](O)[C@H]1O)CCN2. The van der Waals surface area contributed by atoms with Crippen LogP contribution in [0.1, 0.15) is 6.23 Å². The molecule has 0 amide bonds. The molecule has 0 spiro atoms. The highest BCUT2D eigenvalue weighted by Crippen LogP contribution is 2.32. The average Bonchev–Trinajstić information content (AvgIpc) is 3.18. The molecule has 0 aromatic carbocycles. The zero-order chi connectivity index (χ0) is 15.4. The Morgan fingerprint density at radius 2 is 2.23 bits per heavy atom. The molecule has 4 N–H and O–H groups in total. The van der Waals surface area contributed by atoms with Crippen molar-refractivity contribution in [3.05, 3.63) is 16.7 Å². The number of hydrogen-bond donors (Lipinski definition) is 4. The van der Waals surface area contributed by atoms with Crippen molar-refractivity contribution in [1.29, 1.82) is 0 Å². The van der Waals surface area contributed by atoms with Gasteiger partial charge in [0.1, 0.15) is 18.3 Å². The number of hydrogen-bond acceptors (Lipinski definition) is 8. The molecule has 2 aliphatic rings. The number of rotatable bonds is 2. The molecule has 1 saturated heterocycles. The van der Waals surface area contributed by atoms with Crippen LogP contribution in [0.5, 0.6) is 0 Å². The normalized spacial score (nSPS) is 30.7. The van der Waals surface area contributed by atoms with E-state index in [0.717, 1.165) is 0 Å². The fourth-order valence-corrected chi connectivity index (χ4v) is 3.00. The maximum Gasteiger partial charge on any atom is 0.302 e. The Morgan fingerprint density at radius 1 is 1.41 bits per heavy atom. The zero-order valence-electron chi connectivity index (χ0n) is 11.5. The Bertz CT molecular complexity index is 786. The summed E-state index contributed by atoms with van der Waals surface area (Å²) < 4.78 is 8.78. The second-order valence-electron chi connectivity index (χ2n) is 5.37. The molecule has 2 aliphatic heterocycles. The predicted molar refractivity (Wildman–Crippen MR) is 73.3 cm³/mol. The van der Waals surface area contributed by atoms with Crippen molar-refractivity contribution < 1.29 is 20.1 Å². The fourth-order valence-electron chi connectivity index (χ4n) is 3.00. The largest absolute Gasteiger partial charge is 0.394 e. The van der Waals surface area contributed by atoms with Gasteiger partial charge in [-0.15, -0.1) is 0 Å². The first-order valence-corrected chi connectivity index (χ1v) is 6.95. The summed E-state index contributed by atoms with van der Waals surface area (Å²) in [6.45, 7) is 0.814. The van der Waals surface area contributed by atoms with Gasteiger partial charge in [0.2, 0.25) is 5.95 Å². The third-order valence-electron chi connectivity index (χ3n) is 4.10. The number of aliphatic hydroxyl groups excluding tert-OH is 3. The van der Waals surface area contributed by atoms with E-state index in [1.54, 1.807) is 4.57 Å². The minimum Gasteiger partial charge on any atom is -0.394 e. The lowest BCUT2D eigenvalue weighted by molar-refractivity contribution is -0.0512. The van der Waals surface area contributed by atoms with Crippen LogP contribution in [0.3, 0.4) is 0 Å². The monoisotopic (exact) mass is 309 g/mol. The van der Waals surface area contributed by atoms with Gasteiger partial charge < -0.3 is 25.4 Å². The molecule has 0 aliphatic carbocycles. The quantitative estimate of drug-likeness (QED) is 0.483. The molecule has 10 nitrogen and oxygen atoms in total. The van der Waals surface area contributed by atoms with E-state index in [0.29, 0.717) is 24.7 Å². The van der Waals surface area contributed by atoms with Gasteiger partial charge in [-0.2, -0.15) is 4.98 Å². The van der Waals surface area contributed by atoms with E-state index in [1.165, 1.54) is 10.9 Å². The molecule has 22 heavy (non-hydrogen) atoms. The lowest BCUT2D eigenvalue weighted by Crippen LogP contribution is -2.33. The number of nitrogens with one attached hydrogen (secondary N) is 1. The van der Waals surface area contributed by atoms with Gasteiger partial charge in [-0.25, -0.2) is 4.98 Å². The smallest absolute Gasteiger partial charge is 0.302 e. The molecule has 4 rings (SSSR count). The second kappa shape index (κ2) is 4.74. The van der Waals surface area contributed by atoms with Crippen LogP contribution in [-0.2, 0) is 11.3 Å². The number of fused-ring (bicyclic) bond motifs is 3. The van der Waals surface area contributed by atoms with Gasteiger partial charge in [0.05, 0.1) is 12.9 Å². The van der Waals surface area contributed by atoms with Crippen molar-refractivity contribution in [3.8, 4) is 0 Å². The van der Waals surface area contributed by atoms with E-state index >= 15 is 0 Å². The number of nitrogens with zero attached hydrogens (tertiary/aromatic N) is 4. The van der Waals surface area contributed by atoms with Crippen LogP contribution in [0.4, 0.5) is 5.95 Å². The highest BCUT2D eigenvalue weighted by atomic mass is 16.6. The Hall–Kier alpha value is -2.01. The summed E-state index contributed by atoms with van der Waals surface area (Å²) in [6.07, 6.45) is -2.89. The van der Waals surface area contributed by atoms with Gasteiger partial charge in [-0.3, -0.25) is 13.9 Å². The van der Waals surface area contributed by atoms with Gasteiger partial charge in [0.15, 0.2) is 17.4 Å². The molecule has 1 fully saturated rings. The molecular formula is C12H15N5O5. The first kappa shape index (κ1) is 13.6. The number of ether oxygens (including phenoxy) is 1. The van der Waals surface area contributed by atoms with Crippen LogP contribution in [-0.4, -0.2) is 65.9 Å². The third kappa shape index (κ3) is 1.72. The van der Waals surface area contributed by atoms with Gasteiger partial charge in [-0.05, 0) is 0 Å². The van der Waals surface area contributed by atoms with Crippen molar-refractivity contribution in [2.45, 2.75) is 31.1 Å². The Labute approximate surface area is 123 Å². The van der Waals surface area contributed by atoms with Crippen LogP contribution in [0.2, 0.25) is 0 Å². The average molecular weight is 309 g/mol. The van der Waals surface area contributed by atoms with Crippen molar-refractivity contribution in [2.24, 2.45) is 0 Å². The van der Waals surface area contributed by atoms with Crippen LogP contribution < -0.4 is 10.9 Å². The summed E-state index contributed by atoms with van der Waals surface area (Å²) >= 11 is 0. The highest BCUT2D eigenvalue weighted by molar-refractivity contribution is 5.72. The lowest BCUT2D eigenvalue weighted by Gasteiger charge is -2.18. The lowest BCUT2D eigenvalue weighted by atomic mass is 10.1. The maximum absolute atomic E-state index is 12.0. The van der Waals surface area contributed by atoms with Crippen LogP contribution in [0.25, 0.3) is 11.2 Å². The van der Waals surface area contributed by atoms with E-state index in [9.17, 15) is 20.1 Å². The van der Waals surface area contributed by atoms with Gasteiger partial charge in [0, 0.05) is 13.1 Å². The van der Waals surface area contributed by atoms with Crippen molar-refractivity contribution in [1.82, 2.24) is 19.1 Å². The highest BCUT2D eigenvalue weighted by Gasteiger charge is 2.44. The molecule has 4 heterocycles. The predicted octanol–water partition coefficient (Wildman–Crippen LogP) is -2.37. The molecule has 0 unspecified atom stereocenters. The molecule has 118 valence electrons. The van der Waals surface area contributed by atoms with Crippen molar-refractivity contribution >= 4 is 17.1 Å². The molecule has 0 bridgehead atoms. The molecule has 2 aromatic rings. The maximum atomic E-state index is 12.0. The summed E-state index contributed by atoms with van der Waals surface area (Å²) in [6, 6.07) is 0. The molecular weight excluding hydrogens is 294 g/mol. The van der Waals surface area contributed by atoms with E-state index in [1.807, 2.05) is 0 Å². The summed E-state index contributed by atoms with van der Waals surface area (Å²) in [5.74, 6) is 0.436. The van der Waals surface area contributed by atoms with E-state index < -0.39 is 36.7 Å². The number of imidazole rings is 1. The van der Waals surface area contributed by atoms with Crippen molar-refractivity contribution in [3.63, 3.8) is 0 Å². The van der Waals surface area contributed by atoms with Crippen LogP contribution in [0, 0.1) is 0 Å². The molecule has 4 atom stereocenters. The summed E-state index contributed by atoms with van der Waals surface area (Å²) in [5, 5.41) is 32.2. The molecule has 0 saturated carbocycles. The Morgan fingerprint density at radius 3 is 2.95 bits per heavy atom. The van der Waals surface area contributed by atoms with Gasteiger partial charge in [-0.1, -0.05) is 0 Å². The van der Waals surface area contributed by atoms with Gasteiger partial charge >= 0.3 is 5.56 Å². The van der Waals surface area contributed by atoms with E-state index in [4.69, 9.17) is 4.74 Å². The first-order valence-electron chi connectivity index (χ1n) is 6.95.